The first kappa shape index (κ1) is 58.7. The van der Waals surface area contributed by atoms with Gasteiger partial charge in [-0.05, 0) is 83.5 Å². The Morgan fingerprint density at radius 3 is 1.33 bits per heavy atom. The molecule has 0 fully saturated rings. The number of esters is 2. The third kappa shape index (κ3) is 47.0. The van der Waals surface area contributed by atoms with Crippen LogP contribution >= 0.6 is 7.82 Å². The van der Waals surface area contributed by atoms with Crippen molar-refractivity contribution < 1.29 is 37.6 Å². The van der Waals surface area contributed by atoms with Gasteiger partial charge in [-0.3, -0.25) is 18.6 Å². The Hall–Kier alpha value is -2.29. The summed E-state index contributed by atoms with van der Waals surface area (Å²) in [5.74, 6) is -0.863. The van der Waals surface area contributed by atoms with E-state index in [1.54, 1.807) is 0 Å². The summed E-state index contributed by atoms with van der Waals surface area (Å²) >= 11 is 0. The van der Waals surface area contributed by atoms with Crippen molar-refractivity contribution in [3.63, 3.8) is 0 Å². The summed E-state index contributed by atoms with van der Waals surface area (Å²) in [5, 5.41) is 0. The summed E-state index contributed by atoms with van der Waals surface area (Å²) in [6.07, 6.45) is 56.8. The summed E-state index contributed by atoms with van der Waals surface area (Å²) in [4.78, 5) is 35.0. The van der Waals surface area contributed by atoms with E-state index in [-0.39, 0.29) is 32.6 Å². The van der Waals surface area contributed by atoms with Crippen LogP contribution in [-0.2, 0) is 32.7 Å². The standard InChI is InChI=1S/C51H92NO8P/c1-3-5-7-9-11-13-15-17-19-21-23-24-26-28-30-32-34-36-38-40-42-44-51(54)60-49(48-59-61(55,56)58-46-45-52)47-57-50(53)43-41-39-37-35-33-31-29-27-25-22-20-18-16-14-12-10-8-6-4-2/h12,14,17-20,25,27,31,33,49H,3-11,13,15-16,21-24,26,28-30,32,34-48,52H2,1-2H3,(H,55,56)/b14-12-,19-17-,20-18-,27-25-,33-31-/t49-/m1/s1. The van der Waals surface area contributed by atoms with E-state index in [0.717, 1.165) is 57.8 Å². The summed E-state index contributed by atoms with van der Waals surface area (Å²) < 4.78 is 32.9. The minimum Gasteiger partial charge on any atom is -0.462 e. The molecule has 0 heterocycles. The van der Waals surface area contributed by atoms with E-state index in [1.807, 2.05) is 0 Å². The summed E-state index contributed by atoms with van der Waals surface area (Å²) in [6.45, 7) is 3.68. The summed E-state index contributed by atoms with van der Waals surface area (Å²) in [5.41, 5.74) is 5.36. The fourth-order valence-electron chi connectivity index (χ4n) is 6.67. The molecular formula is C51H92NO8P. The highest BCUT2D eigenvalue weighted by molar-refractivity contribution is 7.47. The first-order chi connectivity index (χ1) is 29.8. The Labute approximate surface area is 374 Å². The minimum atomic E-state index is -4.39. The number of phosphoric ester groups is 1. The van der Waals surface area contributed by atoms with Gasteiger partial charge in [0.2, 0.25) is 0 Å². The first-order valence-electron chi connectivity index (χ1n) is 24.8. The molecule has 0 spiro atoms. The number of hydrogen-bond donors (Lipinski definition) is 2. The molecule has 9 nitrogen and oxygen atoms in total. The normalized spacial score (nSPS) is 13.7. The monoisotopic (exact) mass is 878 g/mol. The summed E-state index contributed by atoms with van der Waals surface area (Å²) in [7, 11) is -4.39. The van der Waals surface area contributed by atoms with Gasteiger partial charge in [-0.1, -0.05) is 184 Å². The number of ether oxygens (including phenoxy) is 2. The number of carbonyl (C=O) groups excluding carboxylic acids is 2. The van der Waals surface area contributed by atoms with Crippen LogP contribution in [0.15, 0.2) is 60.8 Å². The molecule has 2 atom stereocenters. The Morgan fingerprint density at radius 1 is 0.492 bits per heavy atom. The van der Waals surface area contributed by atoms with E-state index in [9.17, 15) is 19.0 Å². The molecule has 0 saturated heterocycles. The smallest absolute Gasteiger partial charge is 0.462 e. The van der Waals surface area contributed by atoms with E-state index >= 15 is 0 Å². The topological polar surface area (TPSA) is 134 Å². The predicted molar refractivity (Wildman–Crippen MR) is 256 cm³/mol. The van der Waals surface area contributed by atoms with E-state index in [1.165, 1.54) is 122 Å². The van der Waals surface area contributed by atoms with E-state index in [2.05, 4.69) is 74.6 Å². The zero-order chi connectivity index (χ0) is 44.6. The van der Waals surface area contributed by atoms with Crippen LogP contribution in [0.25, 0.3) is 0 Å². The minimum absolute atomic E-state index is 0.0468. The molecule has 61 heavy (non-hydrogen) atoms. The highest BCUT2D eigenvalue weighted by atomic mass is 31.2. The van der Waals surface area contributed by atoms with Gasteiger partial charge in [0.05, 0.1) is 13.2 Å². The van der Waals surface area contributed by atoms with Gasteiger partial charge in [0, 0.05) is 19.4 Å². The number of phosphoric acid groups is 1. The van der Waals surface area contributed by atoms with Gasteiger partial charge < -0.3 is 20.1 Å². The van der Waals surface area contributed by atoms with Gasteiger partial charge in [-0.15, -0.1) is 0 Å². The second-order valence-electron chi connectivity index (χ2n) is 16.3. The second kappa shape index (κ2) is 47.2. The van der Waals surface area contributed by atoms with Gasteiger partial charge in [0.1, 0.15) is 6.61 Å². The Morgan fingerprint density at radius 2 is 0.852 bits per heavy atom. The zero-order valence-electron chi connectivity index (χ0n) is 39.1. The highest BCUT2D eigenvalue weighted by Crippen LogP contribution is 2.43. The lowest BCUT2D eigenvalue weighted by molar-refractivity contribution is -0.161. The molecule has 0 rings (SSSR count). The maximum absolute atomic E-state index is 12.6. The lowest BCUT2D eigenvalue weighted by Gasteiger charge is -2.19. The molecule has 0 aromatic heterocycles. The van der Waals surface area contributed by atoms with Gasteiger partial charge in [0.15, 0.2) is 6.10 Å². The van der Waals surface area contributed by atoms with Crippen molar-refractivity contribution in [3.05, 3.63) is 60.8 Å². The average Bonchev–Trinajstić information content (AvgIpc) is 3.25. The molecule has 0 amide bonds. The number of carbonyl (C=O) groups is 2. The summed E-state index contributed by atoms with van der Waals surface area (Å²) in [6, 6.07) is 0. The van der Waals surface area contributed by atoms with E-state index in [0.29, 0.717) is 12.8 Å². The lowest BCUT2D eigenvalue weighted by atomic mass is 10.0. The van der Waals surface area contributed by atoms with Crippen LogP contribution in [0.4, 0.5) is 0 Å². The molecule has 0 aliphatic carbocycles. The lowest BCUT2D eigenvalue weighted by Crippen LogP contribution is -2.29. The Kier molecular flexibility index (Phi) is 45.4. The second-order valence-corrected chi connectivity index (χ2v) is 17.8. The number of rotatable bonds is 46. The first-order valence-corrected chi connectivity index (χ1v) is 26.3. The van der Waals surface area contributed by atoms with Crippen molar-refractivity contribution in [2.75, 3.05) is 26.4 Å². The van der Waals surface area contributed by atoms with Crippen molar-refractivity contribution in [2.24, 2.45) is 5.73 Å². The molecule has 0 aliphatic rings. The van der Waals surface area contributed by atoms with Crippen LogP contribution in [0.3, 0.4) is 0 Å². The number of nitrogens with two attached hydrogens (primary N) is 1. The van der Waals surface area contributed by atoms with Gasteiger partial charge in [0.25, 0.3) is 0 Å². The third-order valence-corrected chi connectivity index (χ3v) is 11.4. The van der Waals surface area contributed by atoms with Crippen molar-refractivity contribution >= 4 is 19.8 Å². The average molecular weight is 878 g/mol. The van der Waals surface area contributed by atoms with Crippen LogP contribution in [0.5, 0.6) is 0 Å². The predicted octanol–water partition coefficient (Wildman–Crippen LogP) is 14.8. The molecule has 0 bridgehead atoms. The van der Waals surface area contributed by atoms with Crippen LogP contribution in [-0.4, -0.2) is 49.3 Å². The number of hydrogen-bond acceptors (Lipinski definition) is 8. The van der Waals surface area contributed by atoms with E-state index in [4.69, 9.17) is 24.3 Å². The van der Waals surface area contributed by atoms with Crippen molar-refractivity contribution in [3.8, 4) is 0 Å². The zero-order valence-corrected chi connectivity index (χ0v) is 40.0. The maximum atomic E-state index is 12.6. The van der Waals surface area contributed by atoms with Crippen LogP contribution in [0, 0.1) is 0 Å². The number of allylic oxidation sites excluding steroid dienone is 10. The number of unbranched alkanes of at least 4 members (excludes halogenated alkanes) is 23. The maximum Gasteiger partial charge on any atom is 0.472 e. The third-order valence-electron chi connectivity index (χ3n) is 10.4. The molecule has 0 aromatic carbocycles. The van der Waals surface area contributed by atoms with Crippen LogP contribution in [0.2, 0.25) is 0 Å². The van der Waals surface area contributed by atoms with E-state index < -0.39 is 32.5 Å². The molecule has 0 aliphatic heterocycles. The quantitative estimate of drug-likeness (QED) is 0.0265. The fraction of sp³-hybridized carbons (Fsp3) is 0.765. The van der Waals surface area contributed by atoms with Gasteiger partial charge in [-0.25, -0.2) is 4.57 Å². The van der Waals surface area contributed by atoms with Crippen LogP contribution < -0.4 is 5.73 Å². The Bertz CT molecular complexity index is 1180. The molecule has 0 radical (unpaired) electrons. The Balaban J connectivity index is 4.13. The fourth-order valence-corrected chi connectivity index (χ4v) is 7.44. The van der Waals surface area contributed by atoms with Crippen molar-refractivity contribution in [2.45, 2.75) is 225 Å². The molecule has 354 valence electrons. The van der Waals surface area contributed by atoms with Crippen molar-refractivity contribution in [1.82, 2.24) is 0 Å². The molecule has 0 aromatic rings. The van der Waals surface area contributed by atoms with Gasteiger partial charge >= 0.3 is 19.8 Å². The highest BCUT2D eigenvalue weighted by Gasteiger charge is 2.26. The molecule has 10 heteroatoms. The van der Waals surface area contributed by atoms with Crippen LogP contribution in [0.1, 0.15) is 219 Å². The molecule has 1 unspecified atom stereocenters. The molecule has 0 saturated carbocycles. The van der Waals surface area contributed by atoms with Gasteiger partial charge in [-0.2, -0.15) is 0 Å². The van der Waals surface area contributed by atoms with Crippen molar-refractivity contribution in [1.29, 1.82) is 0 Å². The SMILES string of the molecule is CCCCC/C=C\C/C=C\C/C=C\C/C=C\CCCCCC(=O)OC[C@H](COP(=O)(O)OCCN)OC(=O)CCCCCCCCCCCCC/C=C\CCCCCCCC. The molecular weight excluding hydrogens is 786 g/mol. The molecule has 3 N–H and O–H groups in total. The largest absolute Gasteiger partial charge is 0.472 e.